The summed E-state index contributed by atoms with van der Waals surface area (Å²) in [5.41, 5.74) is 3.33. The third-order valence-electron chi connectivity index (χ3n) is 3.95. The lowest BCUT2D eigenvalue weighted by molar-refractivity contribution is -0.131. The number of fused-ring (bicyclic) bond motifs is 1. The molecular weight excluding hydrogens is 290 g/mol. The highest BCUT2D eigenvalue weighted by Crippen LogP contribution is 2.27. The van der Waals surface area contributed by atoms with Crippen molar-refractivity contribution in [2.24, 2.45) is 0 Å². The summed E-state index contributed by atoms with van der Waals surface area (Å²) in [6, 6.07) is 15.3. The van der Waals surface area contributed by atoms with Gasteiger partial charge in [0.25, 0.3) is 5.78 Å². The first-order valence-electron chi connectivity index (χ1n) is 7.46. The summed E-state index contributed by atoms with van der Waals surface area (Å²) < 4.78 is 2.21. The summed E-state index contributed by atoms with van der Waals surface area (Å²) in [5.74, 6) is -2.32. The van der Waals surface area contributed by atoms with E-state index in [1.165, 1.54) is 5.39 Å². The van der Waals surface area contributed by atoms with Gasteiger partial charge in [-0.05, 0) is 42.5 Å². The molecule has 0 atom stereocenters. The zero-order valence-electron chi connectivity index (χ0n) is 13.0. The van der Waals surface area contributed by atoms with Crippen LogP contribution >= 0.6 is 0 Å². The lowest BCUT2D eigenvalue weighted by atomic mass is 10.0. The van der Waals surface area contributed by atoms with Crippen LogP contribution in [0.3, 0.4) is 0 Å². The molecule has 0 aliphatic heterocycles. The van der Waals surface area contributed by atoms with E-state index < -0.39 is 11.8 Å². The number of Topliss-reactive ketones (excluding diaryl/α,β-unsaturated/α-hetero) is 1. The molecule has 0 radical (unpaired) electrons. The van der Waals surface area contributed by atoms with Crippen molar-refractivity contribution < 1.29 is 14.7 Å². The molecular formula is C19H17NO3. The molecule has 1 N–H and O–H groups in total. The van der Waals surface area contributed by atoms with Crippen molar-refractivity contribution in [3.05, 3.63) is 60.3 Å². The van der Waals surface area contributed by atoms with Crippen LogP contribution in [0.5, 0.6) is 0 Å². The topological polar surface area (TPSA) is 59.3 Å². The van der Waals surface area contributed by atoms with Gasteiger partial charge in [0.2, 0.25) is 0 Å². The number of rotatable bonds is 4. The lowest BCUT2D eigenvalue weighted by Gasteiger charge is -2.10. The van der Waals surface area contributed by atoms with Gasteiger partial charge in [0.1, 0.15) is 0 Å². The number of carbonyl (C=O) groups is 2. The van der Waals surface area contributed by atoms with Crippen LogP contribution in [0.25, 0.3) is 22.0 Å². The molecule has 0 spiro atoms. The van der Waals surface area contributed by atoms with Crippen molar-refractivity contribution >= 4 is 22.7 Å². The molecule has 0 bridgehead atoms. The fourth-order valence-electron chi connectivity index (χ4n) is 2.72. The van der Waals surface area contributed by atoms with Gasteiger partial charge in [-0.2, -0.15) is 0 Å². The molecule has 0 saturated carbocycles. The van der Waals surface area contributed by atoms with E-state index in [0.717, 1.165) is 16.6 Å². The Balaban J connectivity index is 2.01. The monoisotopic (exact) mass is 307 g/mol. The third-order valence-corrected chi connectivity index (χ3v) is 3.95. The van der Waals surface area contributed by atoms with Crippen LogP contribution in [0.4, 0.5) is 0 Å². The Morgan fingerprint density at radius 3 is 2.22 bits per heavy atom. The Kier molecular flexibility index (Phi) is 3.74. The molecule has 23 heavy (non-hydrogen) atoms. The van der Waals surface area contributed by atoms with E-state index in [9.17, 15) is 9.59 Å². The lowest BCUT2D eigenvalue weighted by Crippen LogP contribution is -2.12. The van der Waals surface area contributed by atoms with Gasteiger partial charge in [-0.15, -0.1) is 0 Å². The van der Waals surface area contributed by atoms with E-state index in [0.29, 0.717) is 6.04 Å². The minimum Gasteiger partial charge on any atom is -0.475 e. The highest BCUT2D eigenvalue weighted by Gasteiger charge is 2.14. The maximum atomic E-state index is 11.4. The van der Waals surface area contributed by atoms with E-state index in [-0.39, 0.29) is 5.56 Å². The molecule has 4 heteroatoms. The molecule has 4 nitrogen and oxygen atoms in total. The SMILES string of the molecule is CC(C)n1ccc2ccc(-c3ccc(C(=O)C(=O)O)cc3)cc21. The number of carbonyl (C=O) groups excluding carboxylic acids is 1. The second kappa shape index (κ2) is 5.72. The minimum atomic E-state index is -1.44. The number of benzene rings is 2. The van der Waals surface area contributed by atoms with E-state index in [2.05, 4.69) is 42.8 Å². The van der Waals surface area contributed by atoms with Gasteiger partial charge in [-0.1, -0.05) is 36.4 Å². The van der Waals surface area contributed by atoms with Crippen LogP contribution in [0.2, 0.25) is 0 Å². The van der Waals surface area contributed by atoms with E-state index in [1.807, 2.05) is 6.07 Å². The highest BCUT2D eigenvalue weighted by atomic mass is 16.4. The first-order chi connectivity index (χ1) is 11.0. The summed E-state index contributed by atoms with van der Waals surface area (Å²) in [4.78, 5) is 22.2. The van der Waals surface area contributed by atoms with Crippen LogP contribution in [0, 0.1) is 0 Å². The molecule has 1 aromatic heterocycles. The molecule has 3 rings (SSSR count). The van der Waals surface area contributed by atoms with Crippen molar-refractivity contribution in [2.45, 2.75) is 19.9 Å². The summed E-state index contributed by atoms with van der Waals surface area (Å²) in [6.07, 6.45) is 2.08. The molecule has 116 valence electrons. The van der Waals surface area contributed by atoms with Gasteiger partial charge in [0.05, 0.1) is 0 Å². The number of ketones is 1. The standard InChI is InChI=1S/C19H17NO3/c1-12(2)20-10-9-14-5-8-16(11-17(14)20)13-3-6-15(7-4-13)18(21)19(22)23/h3-12H,1-2H3,(H,22,23). The predicted octanol–water partition coefficient (Wildman–Crippen LogP) is 4.16. The Bertz CT molecular complexity index is 889. The van der Waals surface area contributed by atoms with Crippen molar-refractivity contribution in [1.29, 1.82) is 0 Å². The van der Waals surface area contributed by atoms with Crippen LogP contribution < -0.4 is 0 Å². The number of hydrogen-bond donors (Lipinski definition) is 1. The molecule has 3 aromatic rings. The Labute approximate surface area is 134 Å². The molecule has 0 aliphatic carbocycles. The quantitative estimate of drug-likeness (QED) is 0.581. The fraction of sp³-hybridized carbons (Fsp3) is 0.158. The van der Waals surface area contributed by atoms with Crippen LogP contribution in [0.15, 0.2) is 54.7 Å². The summed E-state index contributed by atoms with van der Waals surface area (Å²) in [7, 11) is 0. The van der Waals surface area contributed by atoms with E-state index >= 15 is 0 Å². The van der Waals surface area contributed by atoms with Gasteiger partial charge in [0, 0.05) is 23.3 Å². The molecule has 0 unspecified atom stereocenters. The van der Waals surface area contributed by atoms with Crippen LogP contribution in [-0.2, 0) is 4.79 Å². The van der Waals surface area contributed by atoms with Crippen LogP contribution in [0.1, 0.15) is 30.2 Å². The smallest absolute Gasteiger partial charge is 0.377 e. The van der Waals surface area contributed by atoms with Crippen molar-refractivity contribution in [1.82, 2.24) is 4.57 Å². The second-order valence-corrected chi connectivity index (χ2v) is 5.80. The Morgan fingerprint density at radius 1 is 0.957 bits per heavy atom. The molecule has 0 aliphatic rings. The van der Waals surface area contributed by atoms with Crippen molar-refractivity contribution in [3.8, 4) is 11.1 Å². The van der Waals surface area contributed by atoms with Crippen LogP contribution in [-0.4, -0.2) is 21.4 Å². The number of carboxylic acids is 1. The summed E-state index contributed by atoms with van der Waals surface area (Å²) in [6.45, 7) is 4.27. The number of carboxylic acid groups (broad SMARTS) is 1. The summed E-state index contributed by atoms with van der Waals surface area (Å²) in [5, 5.41) is 9.93. The number of hydrogen-bond acceptors (Lipinski definition) is 2. The van der Waals surface area contributed by atoms with Gasteiger partial charge < -0.3 is 9.67 Å². The van der Waals surface area contributed by atoms with E-state index in [4.69, 9.17) is 5.11 Å². The third kappa shape index (κ3) is 2.75. The highest BCUT2D eigenvalue weighted by molar-refractivity contribution is 6.39. The number of aliphatic carboxylic acids is 1. The fourth-order valence-corrected chi connectivity index (χ4v) is 2.72. The maximum Gasteiger partial charge on any atom is 0.377 e. The van der Waals surface area contributed by atoms with E-state index in [1.54, 1.807) is 24.3 Å². The normalized spacial score (nSPS) is 11.1. The first-order valence-corrected chi connectivity index (χ1v) is 7.46. The molecule has 0 fully saturated rings. The summed E-state index contributed by atoms with van der Waals surface area (Å²) >= 11 is 0. The van der Waals surface area contributed by atoms with Gasteiger partial charge in [0.15, 0.2) is 0 Å². The number of nitrogens with zero attached hydrogens (tertiary/aromatic N) is 1. The van der Waals surface area contributed by atoms with Gasteiger partial charge >= 0.3 is 5.97 Å². The minimum absolute atomic E-state index is 0.188. The van der Waals surface area contributed by atoms with Gasteiger partial charge in [-0.25, -0.2) is 4.79 Å². The largest absolute Gasteiger partial charge is 0.475 e. The maximum absolute atomic E-state index is 11.4. The average molecular weight is 307 g/mol. The number of aromatic nitrogens is 1. The molecule has 0 saturated heterocycles. The predicted molar refractivity (Wildman–Crippen MR) is 89.7 cm³/mol. The Hall–Kier alpha value is -2.88. The zero-order valence-corrected chi connectivity index (χ0v) is 13.0. The Morgan fingerprint density at radius 2 is 1.61 bits per heavy atom. The molecule has 0 amide bonds. The average Bonchev–Trinajstić information content (AvgIpc) is 2.97. The molecule has 2 aromatic carbocycles. The van der Waals surface area contributed by atoms with Crippen molar-refractivity contribution in [3.63, 3.8) is 0 Å². The van der Waals surface area contributed by atoms with Crippen molar-refractivity contribution in [2.75, 3.05) is 0 Å². The second-order valence-electron chi connectivity index (χ2n) is 5.80. The molecule has 1 heterocycles. The zero-order chi connectivity index (χ0) is 16.6. The first kappa shape index (κ1) is 15.0. The van der Waals surface area contributed by atoms with Gasteiger partial charge in [-0.3, -0.25) is 4.79 Å².